The Labute approximate surface area is 100 Å². The average Bonchev–Trinajstić information content (AvgIpc) is 2.39. The average molecular weight is 226 g/mol. The standard InChI is InChI=1S/C14H14N2O/c17-12-5-8-16(9-6-12)14-3-1-2-11-4-7-15-10-13(11)14/h1-4,7,10H,5-6,8-9H2. The Kier molecular flexibility index (Phi) is 2.52. The highest BCUT2D eigenvalue weighted by atomic mass is 16.1. The molecule has 0 atom stereocenters. The summed E-state index contributed by atoms with van der Waals surface area (Å²) in [6, 6.07) is 8.29. The second-order valence-electron chi connectivity index (χ2n) is 4.40. The summed E-state index contributed by atoms with van der Waals surface area (Å²) in [5.74, 6) is 0.375. The number of carbonyl (C=O) groups is 1. The Balaban J connectivity index is 2.02. The molecule has 3 nitrogen and oxygen atoms in total. The van der Waals surface area contributed by atoms with Gasteiger partial charge in [-0.15, -0.1) is 0 Å². The molecule has 2 aromatic rings. The van der Waals surface area contributed by atoms with Crippen LogP contribution >= 0.6 is 0 Å². The summed E-state index contributed by atoms with van der Waals surface area (Å²) in [6.07, 6.45) is 5.04. The number of hydrogen-bond acceptors (Lipinski definition) is 3. The first-order valence-electron chi connectivity index (χ1n) is 5.94. The van der Waals surface area contributed by atoms with Crippen molar-refractivity contribution in [2.24, 2.45) is 0 Å². The highest BCUT2D eigenvalue weighted by Crippen LogP contribution is 2.27. The van der Waals surface area contributed by atoms with Crippen LogP contribution in [0.15, 0.2) is 36.7 Å². The summed E-state index contributed by atoms with van der Waals surface area (Å²) in [6.45, 7) is 1.65. The lowest BCUT2D eigenvalue weighted by Gasteiger charge is -2.29. The van der Waals surface area contributed by atoms with Crippen molar-refractivity contribution in [1.82, 2.24) is 4.98 Å². The molecule has 0 radical (unpaired) electrons. The van der Waals surface area contributed by atoms with Crippen LogP contribution in [0.5, 0.6) is 0 Å². The quantitative estimate of drug-likeness (QED) is 0.748. The Morgan fingerprint density at radius 1 is 1.12 bits per heavy atom. The molecule has 1 fully saturated rings. The monoisotopic (exact) mass is 226 g/mol. The van der Waals surface area contributed by atoms with E-state index in [9.17, 15) is 4.79 Å². The molecule has 3 heteroatoms. The Hall–Kier alpha value is -1.90. The summed E-state index contributed by atoms with van der Waals surface area (Å²) >= 11 is 0. The Morgan fingerprint density at radius 2 is 1.94 bits per heavy atom. The number of Topliss-reactive ketones (excluding diaryl/α,β-unsaturated/α-hetero) is 1. The fourth-order valence-corrected chi connectivity index (χ4v) is 2.37. The number of hydrogen-bond donors (Lipinski definition) is 0. The number of ketones is 1. The van der Waals surface area contributed by atoms with E-state index >= 15 is 0 Å². The number of pyridine rings is 1. The van der Waals surface area contributed by atoms with Crippen molar-refractivity contribution in [3.8, 4) is 0 Å². The number of rotatable bonds is 1. The van der Waals surface area contributed by atoms with Crippen LogP contribution in [0.2, 0.25) is 0 Å². The van der Waals surface area contributed by atoms with E-state index < -0.39 is 0 Å². The molecule has 0 amide bonds. The van der Waals surface area contributed by atoms with E-state index in [1.807, 2.05) is 18.5 Å². The molecule has 1 aromatic carbocycles. The van der Waals surface area contributed by atoms with Gasteiger partial charge in [0.25, 0.3) is 0 Å². The van der Waals surface area contributed by atoms with Gasteiger partial charge in [-0.3, -0.25) is 9.78 Å². The maximum atomic E-state index is 11.3. The molecule has 0 bridgehead atoms. The van der Waals surface area contributed by atoms with Gasteiger partial charge in [0.2, 0.25) is 0 Å². The third-order valence-electron chi connectivity index (χ3n) is 3.32. The van der Waals surface area contributed by atoms with Gasteiger partial charge in [0, 0.05) is 49.4 Å². The van der Waals surface area contributed by atoms with Crippen LogP contribution in [0, 0.1) is 0 Å². The molecule has 0 N–H and O–H groups in total. The minimum atomic E-state index is 0.375. The van der Waals surface area contributed by atoms with Crippen LogP contribution < -0.4 is 4.90 Å². The zero-order valence-electron chi connectivity index (χ0n) is 9.60. The summed E-state index contributed by atoms with van der Waals surface area (Å²) in [4.78, 5) is 17.7. The van der Waals surface area contributed by atoms with E-state index in [0.717, 1.165) is 13.1 Å². The molecule has 3 rings (SSSR count). The molecule has 0 spiro atoms. The van der Waals surface area contributed by atoms with Crippen LogP contribution in [0.4, 0.5) is 5.69 Å². The van der Waals surface area contributed by atoms with Gasteiger partial charge in [0.15, 0.2) is 0 Å². The molecule has 1 saturated heterocycles. The molecule has 0 saturated carbocycles. The predicted molar refractivity (Wildman–Crippen MR) is 68.2 cm³/mol. The summed E-state index contributed by atoms with van der Waals surface area (Å²) in [7, 11) is 0. The third kappa shape index (κ3) is 1.88. The van der Waals surface area contributed by atoms with E-state index in [1.54, 1.807) is 0 Å². The predicted octanol–water partition coefficient (Wildman–Crippen LogP) is 2.40. The fourth-order valence-electron chi connectivity index (χ4n) is 2.37. The van der Waals surface area contributed by atoms with Gasteiger partial charge >= 0.3 is 0 Å². The second kappa shape index (κ2) is 4.17. The van der Waals surface area contributed by atoms with Crippen LogP contribution in [-0.4, -0.2) is 23.9 Å². The number of piperidine rings is 1. The molecule has 0 aliphatic carbocycles. The van der Waals surface area contributed by atoms with Gasteiger partial charge in [0.05, 0.1) is 0 Å². The van der Waals surface area contributed by atoms with Crippen molar-refractivity contribution < 1.29 is 4.79 Å². The molecule has 2 heterocycles. The summed E-state index contributed by atoms with van der Waals surface area (Å²) < 4.78 is 0. The molecule has 86 valence electrons. The van der Waals surface area contributed by atoms with E-state index in [4.69, 9.17) is 0 Å². The number of aromatic nitrogens is 1. The zero-order valence-corrected chi connectivity index (χ0v) is 9.60. The molecule has 1 aromatic heterocycles. The first kappa shape index (κ1) is 10.3. The minimum absolute atomic E-state index is 0.375. The number of fused-ring (bicyclic) bond motifs is 1. The van der Waals surface area contributed by atoms with Gasteiger partial charge in [-0.1, -0.05) is 12.1 Å². The fraction of sp³-hybridized carbons (Fsp3) is 0.286. The van der Waals surface area contributed by atoms with Crippen molar-refractivity contribution in [3.63, 3.8) is 0 Å². The van der Waals surface area contributed by atoms with Crippen molar-refractivity contribution in [3.05, 3.63) is 36.7 Å². The lowest BCUT2D eigenvalue weighted by Crippen LogP contribution is -2.33. The largest absolute Gasteiger partial charge is 0.370 e. The SMILES string of the molecule is O=C1CCN(c2cccc3ccncc23)CC1. The topological polar surface area (TPSA) is 33.2 Å². The minimum Gasteiger partial charge on any atom is -0.370 e. The number of benzene rings is 1. The molecular formula is C14H14N2O. The molecular weight excluding hydrogens is 212 g/mol. The van der Waals surface area contributed by atoms with Crippen molar-refractivity contribution in [1.29, 1.82) is 0 Å². The van der Waals surface area contributed by atoms with Gasteiger partial charge in [-0.05, 0) is 17.5 Å². The lowest BCUT2D eigenvalue weighted by atomic mass is 10.1. The summed E-state index contributed by atoms with van der Waals surface area (Å²) in [5.41, 5.74) is 1.20. The number of nitrogens with zero attached hydrogens (tertiary/aromatic N) is 2. The highest BCUT2D eigenvalue weighted by molar-refractivity contribution is 5.94. The van der Waals surface area contributed by atoms with E-state index in [0.29, 0.717) is 18.6 Å². The first-order valence-corrected chi connectivity index (χ1v) is 5.94. The van der Waals surface area contributed by atoms with E-state index in [1.165, 1.54) is 16.5 Å². The summed E-state index contributed by atoms with van der Waals surface area (Å²) in [5, 5.41) is 2.37. The van der Waals surface area contributed by atoms with Gasteiger partial charge in [-0.2, -0.15) is 0 Å². The Bertz CT molecular complexity index is 550. The van der Waals surface area contributed by atoms with Gasteiger partial charge in [-0.25, -0.2) is 0 Å². The first-order chi connectivity index (χ1) is 8.34. The van der Waals surface area contributed by atoms with Crippen LogP contribution in [0.25, 0.3) is 10.8 Å². The van der Waals surface area contributed by atoms with Crippen molar-refractivity contribution >= 4 is 22.2 Å². The smallest absolute Gasteiger partial charge is 0.136 e. The van der Waals surface area contributed by atoms with Gasteiger partial charge < -0.3 is 4.90 Å². The molecule has 0 unspecified atom stereocenters. The van der Waals surface area contributed by atoms with Crippen LogP contribution in [-0.2, 0) is 4.79 Å². The normalized spacial score (nSPS) is 16.5. The van der Waals surface area contributed by atoms with E-state index in [2.05, 4.69) is 28.1 Å². The molecule has 17 heavy (non-hydrogen) atoms. The van der Waals surface area contributed by atoms with Gasteiger partial charge in [0.1, 0.15) is 5.78 Å². The second-order valence-corrected chi connectivity index (χ2v) is 4.40. The third-order valence-corrected chi connectivity index (χ3v) is 3.32. The lowest BCUT2D eigenvalue weighted by molar-refractivity contribution is -0.119. The number of anilines is 1. The van der Waals surface area contributed by atoms with Crippen LogP contribution in [0.1, 0.15) is 12.8 Å². The molecule has 1 aliphatic rings. The molecule has 1 aliphatic heterocycles. The Morgan fingerprint density at radius 3 is 2.76 bits per heavy atom. The van der Waals surface area contributed by atoms with Crippen molar-refractivity contribution in [2.75, 3.05) is 18.0 Å². The zero-order chi connectivity index (χ0) is 11.7. The highest BCUT2D eigenvalue weighted by Gasteiger charge is 2.17. The maximum Gasteiger partial charge on any atom is 0.136 e. The van der Waals surface area contributed by atoms with E-state index in [-0.39, 0.29) is 0 Å². The maximum absolute atomic E-state index is 11.3. The van der Waals surface area contributed by atoms with Crippen LogP contribution in [0.3, 0.4) is 0 Å². The van der Waals surface area contributed by atoms with Crippen molar-refractivity contribution in [2.45, 2.75) is 12.8 Å². The number of carbonyl (C=O) groups excluding carboxylic acids is 1.